The number of aromatic nitrogens is 1. The third-order valence-corrected chi connectivity index (χ3v) is 3.97. The number of hydrogen-bond donors (Lipinski definition) is 1. The van der Waals surface area contributed by atoms with Crippen LogP contribution in [0.5, 0.6) is 0 Å². The smallest absolute Gasteiger partial charge is 0.123 e. The number of aryl methyl sites for hydroxylation is 1. The quantitative estimate of drug-likeness (QED) is 0.800. The van der Waals surface area contributed by atoms with Crippen LogP contribution in [0.3, 0.4) is 0 Å². The second-order valence-electron chi connectivity index (χ2n) is 4.91. The van der Waals surface area contributed by atoms with Crippen LogP contribution in [0.25, 0.3) is 10.9 Å². The largest absolute Gasteiger partial charge is 0.348 e. The molecule has 2 nitrogen and oxygen atoms in total. The number of rotatable bonds is 1. The molecule has 90 valence electrons. The van der Waals surface area contributed by atoms with Crippen molar-refractivity contribution in [1.82, 2.24) is 9.88 Å². The highest BCUT2D eigenvalue weighted by molar-refractivity contribution is 5.86. The van der Waals surface area contributed by atoms with Crippen molar-refractivity contribution in [2.45, 2.75) is 19.3 Å². The van der Waals surface area contributed by atoms with Gasteiger partial charge in [-0.2, -0.15) is 0 Å². The summed E-state index contributed by atoms with van der Waals surface area (Å²) in [6.45, 7) is 4.21. The Morgan fingerprint density at radius 3 is 2.94 bits per heavy atom. The van der Waals surface area contributed by atoms with Gasteiger partial charge in [0, 0.05) is 30.2 Å². The van der Waals surface area contributed by atoms with Crippen molar-refractivity contribution in [3.63, 3.8) is 0 Å². The van der Waals surface area contributed by atoms with Crippen LogP contribution < -0.4 is 5.32 Å². The second-order valence-corrected chi connectivity index (χ2v) is 4.91. The van der Waals surface area contributed by atoms with Gasteiger partial charge >= 0.3 is 0 Å². The molecule has 1 aliphatic rings. The van der Waals surface area contributed by atoms with Gasteiger partial charge in [0.25, 0.3) is 0 Å². The van der Waals surface area contributed by atoms with Crippen molar-refractivity contribution in [2.24, 2.45) is 7.05 Å². The van der Waals surface area contributed by atoms with Gasteiger partial charge in [0.15, 0.2) is 0 Å². The number of nitrogens with zero attached hydrogens (tertiary/aromatic N) is 1. The van der Waals surface area contributed by atoms with Crippen molar-refractivity contribution in [2.75, 3.05) is 13.1 Å². The molecule has 1 aromatic heterocycles. The average Bonchev–Trinajstić information content (AvgIpc) is 2.88. The summed E-state index contributed by atoms with van der Waals surface area (Å²) in [6.07, 6.45) is 1.15. The predicted octanol–water partition coefficient (Wildman–Crippen LogP) is 2.70. The van der Waals surface area contributed by atoms with E-state index in [0.29, 0.717) is 5.92 Å². The van der Waals surface area contributed by atoms with Gasteiger partial charge in [0.05, 0.1) is 0 Å². The molecule has 1 fully saturated rings. The molecule has 1 N–H and O–H groups in total. The Morgan fingerprint density at radius 1 is 1.41 bits per heavy atom. The fourth-order valence-corrected chi connectivity index (χ4v) is 2.99. The Labute approximate surface area is 100 Å². The molecule has 3 rings (SSSR count). The van der Waals surface area contributed by atoms with Gasteiger partial charge in [-0.25, -0.2) is 4.39 Å². The lowest BCUT2D eigenvalue weighted by Gasteiger charge is -2.09. The molecule has 1 aromatic carbocycles. The van der Waals surface area contributed by atoms with Gasteiger partial charge in [0.2, 0.25) is 0 Å². The minimum Gasteiger partial charge on any atom is -0.348 e. The minimum atomic E-state index is -0.143. The first kappa shape index (κ1) is 10.8. The summed E-state index contributed by atoms with van der Waals surface area (Å²) < 4.78 is 15.6. The lowest BCUT2D eigenvalue weighted by Crippen LogP contribution is -2.08. The molecular weight excluding hydrogens is 215 g/mol. The number of nitrogens with one attached hydrogen (secondary N) is 1. The number of fused-ring (bicyclic) bond motifs is 1. The second kappa shape index (κ2) is 3.84. The molecule has 0 amide bonds. The molecule has 0 spiro atoms. The van der Waals surface area contributed by atoms with E-state index in [1.807, 2.05) is 6.07 Å². The van der Waals surface area contributed by atoms with Crippen molar-refractivity contribution in [1.29, 1.82) is 0 Å². The molecule has 0 saturated carbocycles. The van der Waals surface area contributed by atoms with E-state index < -0.39 is 0 Å². The molecule has 1 unspecified atom stereocenters. The highest BCUT2D eigenvalue weighted by Crippen LogP contribution is 2.34. The summed E-state index contributed by atoms with van der Waals surface area (Å²) in [5.41, 5.74) is 3.72. The van der Waals surface area contributed by atoms with Crippen LogP contribution >= 0.6 is 0 Å². The topological polar surface area (TPSA) is 17.0 Å². The first-order valence-electron chi connectivity index (χ1n) is 6.13. The Kier molecular flexibility index (Phi) is 2.44. The summed E-state index contributed by atoms with van der Waals surface area (Å²) in [6, 6.07) is 5.10. The molecule has 0 bridgehead atoms. The number of halogens is 1. The van der Waals surface area contributed by atoms with Gasteiger partial charge in [-0.05, 0) is 49.6 Å². The van der Waals surface area contributed by atoms with Crippen molar-refractivity contribution >= 4 is 10.9 Å². The standard InChI is InChI=1S/C14H17FN2/c1-9-14(10-5-6-16-8-10)12-7-11(15)3-4-13(12)17(9)2/h3-4,7,10,16H,5-6,8H2,1-2H3. The highest BCUT2D eigenvalue weighted by atomic mass is 19.1. The van der Waals surface area contributed by atoms with E-state index in [4.69, 9.17) is 0 Å². The van der Waals surface area contributed by atoms with E-state index in [9.17, 15) is 4.39 Å². The van der Waals surface area contributed by atoms with Crippen LogP contribution in [-0.2, 0) is 7.05 Å². The zero-order chi connectivity index (χ0) is 12.0. The maximum absolute atomic E-state index is 13.4. The van der Waals surface area contributed by atoms with Gasteiger partial charge < -0.3 is 9.88 Å². The summed E-state index contributed by atoms with van der Waals surface area (Å²) in [5, 5.41) is 4.47. The monoisotopic (exact) mass is 232 g/mol. The SMILES string of the molecule is Cc1c(C2CCNC2)c2cc(F)ccc2n1C. The maximum atomic E-state index is 13.4. The number of hydrogen-bond acceptors (Lipinski definition) is 1. The van der Waals surface area contributed by atoms with Crippen LogP contribution in [0.4, 0.5) is 4.39 Å². The van der Waals surface area contributed by atoms with Gasteiger partial charge in [-0.15, -0.1) is 0 Å². The Bertz CT molecular complexity index is 565. The Hall–Kier alpha value is -1.35. The fraction of sp³-hybridized carbons (Fsp3) is 0.429. The van der Waals surface area contributed by atoms with Gasteiger partial charge in [0.1, 0.15) is 5.82 Å². The summed E-state index contributed by atoms with van der Waals surface area (Å²) in [4.78, 5) is 0. The predicted molar refractivity (Wildman–Crippen MR) is 67.8 cm³/mol. The highest BCUT2D eigenvalue weighted by Gasteiger charge is 2.23. The molecule has 2 aromatic rings. The average molecular weight is 232 g/mol. The summed E-state index contributed by atoms with van der Waals surface area (Å²) >= 11 is 0. The minimum absolute atomic E-state index is 0.143. The fourth-order valence-electron chi connectivity index (χ4n) is 2.99. The lowest BCUT2D eigenvalue weighted by molar-refractivity contribution is 0.629. The normalized spacial score (nSPS) is 20.3. The first-order valence-corrected chi connectivity index (χ1v) is 6.13. The molecule has 1 atom stereocenters. The Morgan fingerprint density at radius 2 is 2.24 bits per heavy atom. The maximum Gasteiger partial charge on any atom is 0.123 e. The van der Waals surface area contributed by atoms with Crippen LogP contribution in [0.15, 0.2) is 18.2 Å². The third-order valence-electron chi connectivity index (χ3n) is 3.97. The van der Waals surface area contributed by atoms with Crippen LogP contribution in [-0.4, -0.2) is 17.7 Å². The van der Waals surface area contributed by atoms with E-state index in [1.165, 1.54) is 11.3 Å². The first-order chi connectivity index (χ1) is 8.18. The lowest BCUT2D eigenvalue weighted by atomic mass is 9.95. The Balaban J connectivity index is 2.27. The molecule has 0 radical (unpaired) electrons. The molecule has 17 heavy (non-hydrogen) atoms. The van der Waals surface area contributed by atoms with Crippen LogP contribution in [0.1, 0.15) is 23.6 Å². The van der Waals surface area contributed by atoms with E-state index in [-0.39, 0.29) is 5.82 Å². The molecule has 1 aliphatic heterocycles. The van der Waals surface area contributed by atoms with E-state index in [1.54, 1.807) is 12.1 Å². The van der Waals surface area contributed by atoms with Crippen LogP contribution in [0, 0.1) is 12.7 Å². The van der Waals surface area contributed by atoms with Crippen molar-refractivity contribution < 1.29 is 4.39 Å². The molecule has 3 heteroatoms. The summed E-state index contributed by atoms with van der Waals surface area (Å²) in [7, 11) is 2.06. The van der Waals surface area contributed by atoms with Crippen molar-refractivity contribution in [3.05, 3.63) is 35.3 Å². The molecule has 1 saturated heterocycles. The summed E-state index contributed by atoms with van der Waals surface area (Å²) in [5.74, 6) is 0.385. The van der Waals surface area contributed by atoms with E-state index in [2.05, 4.69) is 23.9 Å². The van der Waals surface area contributed by atoms with Gasteiger partial charge in [-0.3, -0.25) is 0 Å². The zero-order valence-electron chi connectivity index (χ0n) is 10.3. The van der Waals surface area contributed by atoms with Crippen LogP contribution in [0.2, 0.25) is 0 Å². The van der Waals surface area contributed by atoms with Gasteiger partial charge in [-0.1, -0.05) is 0 Å². The molecule has 0 aliphatic carbocycles. The van der Waals surface area contributed by atoms with E-state index >= 15 is 0 Å². The third kappa shape index (κ3) is 1.57. The zero-order valence-corrected chi connectivity index (χ0v) is 10.3. The molecular formula is C14H17FN2. The molecule has 2 heterocycles. The van der Waals surface area contributed by atoms with Crippen molar-refractivity contribution in [3.8, 4) is 0 Å². The van der Waals surface area contributed by atoms with E-state index in [0.717, 1.165) is 30.4 Å². The number of benzene rings is 1.